The van der Waals surface area contributed by atoms with Crippen LogP contribution < -0.4 is 22.1 Å². The van der Waals surface area contributed by atoms with Gasteiger partial charge in [-0.25, -0.2) is 9.78 Å². The van der Waals surface area contributed by atoms with Crippen LogP contribution in [0.4, 0.5) is 0 Å². The summed E-state index contributed by atoms with van der Waals surface area (Å²) in [4.78, 5) is 49.8. The van der Waals surface area contributed by atoms with Crippen LogP contribution in [0.15, 0.2) is 52.2 Å². The first-order chi connectivity index (χ1) is 17.7. The topological polar surface area (TPSA) is 199 Å². The molecule has 12 heteroatoms. The SMILES string of the molecule is CCC(C)C(NC(=O)c1nccc2ccccc12)c1nc(C(=O)NC(CCCN=C(N)N)C(=O)O)co1. The summed E-state index contributed by atoms with van der Waals surface area (Å²) in [7, 11) is 0. The number of aliphatic carboxylic acids is 1. The zero-order valence-corrected chi connectivity index (χ0v) is 20.7. The Kier molecular flexibility index (Phi) is 9.14. The first-order valence-corrected chi connectivity index (χ1v) is 11.9. The van der Waals surface area contributed by atoms with E-state index in [1.807, 2.05) is 44.2 Å². The maximum Gasteiger partial charge on any atom is 0.326 e. The minimum absolute atomic E-state index is 0.0872. The number of rotatable bonds is 12. The van der Waals surface area contributed by atoms with Gasteiger partial charge in [0, 0.05) is 18.1 Å². The van der Waals surface area contributed by atoms with Gasteiger partial charge in [0.2, 0.25) is 5.89 Å². The van der Waals surface area contributed by atoms with Gasteiger partial charge < -0.3 is 31.6 Å². The molecule has 3 unspecified atom stereocenters. The number of pyridine rings is 1. The molecule has 2 heterocycles. The van der Waals surface area contributed by atoms with Gasteiger partial charge in [0.05, 0.1) is 0 Å². The molecule has 37 heavy (non-hydrogen) atoms. The predicted octanol–water partition coefficient (Wildman–Crippen LogP) is 1.98. The number of carboxylic acid groups (broad SMARTS) is 1. The van der Waals surface area contributed by atoms with Crippen molar-refractivity contribution in [3.63, 3.8) is 0 Å². The fourth-order valence-electron chi connectivity index (χ4n) is 3.72. The van der Waals surface area contributed by atoms with Crippen molar-refractivity contribution in [2.75, 3.05) is 6.54 Å². The van der Waals surface area contributed by atoms with Gasteiger partial charge in [-0.3, -0.25) is 19.6 Å². The molecule has 3 atom stereocenters. The van der Waals surface area contributed by atoms with Crippen molar-refractivity contribution in [1.82, 2.24) is 20.6 Å². The number of carbonyl (C=O) groups is 3. The molecule has 0 saturated carbocycles. The summed E-state index contributed by atoms with van der Waals surface area (Å²) in [5.74, 6) is -2.37. The van der Waals surface area contributed by atoms with Gasteiger partial charge in [-0.15, -0.1) is 0 Å². The number of oxazole rings is 1. The summed E-state index contributed by atoms with van der Waals surface area (Å²) in [6, 6.07) is 7.44. The third-order valence-corrected chi connectivity index (χ3v) is 5.96. The molecule has 3 aromatic rings. The molecule has 12 nitrogen and oxygen atoms in total. The van der Waals surface area contributed by atoms with Crippen LogP contribution >= 0.6 is 0 Å². The number of aliphatic imine (C=N–C) groups is 1. The van der Waals surface area contributed by atoms with E-state index >= 15 is 0 Å². The molecule has 0 radical (unpaired) electrons. The summed E-state index contributed by atoms with van der Waals surface area (Å²) in [5.41, 5.74) is 10.7. The number of carbonyl (C=O) groups excluding carboxylic acids is 2. The van der Waals surface area contributed by atoms with Gasteiger partial charge >= 0.3 is 5.97 Å². The first kappa shape index (κ1) is 27.1. The molecule has 0 saturated heterocycles. The van der Waals surface area contributed by atoms with Crippen LogP contribution in [0.3, 0.4) is 0 Å². The van der Waals surface area contributed by atoms with Gasteiger partial charge in [0.15, 0.2) is 11.7 Å². The zero-order chi connectivity index (χ0) is 26.9. The molecule has 3 rings (SSSR count). The largest absolute Gasteiger partial charge is 0.480 e. The highest BCUT2D eigenvalue weighted by molar-refractivity contribution is 6.05. The predicted molar refractivity (Wildman–Crippen MR) is 137 cm³/mol. The second-order valence-electron chi connectivity index (χ2n) is 8.60. The van der Waals surface area contributed by atoms with E-state index in [9.17, 15) is 19.5 Å². The highest BCUT2D eigenvalue weighted by Gasteiger charge is 2.29. The molecule has 0 fully saturated rings. The number of benzene rings is 1. The Morgan fingerprint density at radius 1 is 1.14 bits per heavy atom. The lowest BCUT2D eigenvalue weighted by Crippen LogP contribution is -2.41. The molecule has 0 aliphatic carbocycles. The fourth-order valence-corrected chi connectivity index (χ4v) is 3.72. The van der Waals surface area contributed by atoms with Crippen LogP contribution in [0, 0.1) is 5.92 Å². The van der Waals surface area contributed by atoms with E-state index in [1.165, 1.54) is 0 Å². The van der Waals surface area contributed by atoms with Gasteiger partial charge in [0.1, 0.15) is 24.0 Å². The average molecular weight is 510 g/mol. The molecule has 2 amide bonds. The van der Waals surface area contributed by atoms with Crippen molar-refractivity contribution in [2.45, 2.75) is 45.2 Å². The Hall–Kier alpha value is -4.48. The Morgan fingerprint density at radius 2 is 1.89 bits per heavy atom. The molecule has 0 aliphatic heterocycles. The fraction of sp³-hybridized carbons (Fsp3) is 0.360. The smallest absolute Gasteiger partial charge is 0.326 e. The summed E-state index contributed by atoms with van der Waals surface area (Å²) in [5, 5.41) is 16.4. The third-order valence-electron chi connectivity index (χ3n) is 5.96. The molecule has 1 aromatic carbocycles. The van der Waals surface area contributed by atoms with E-state index < -0.39 is 29.9 Å². The lowest BCUT2D eigenvalue weighted by atomic mass is 9.98. The monoisotopic (exact) mass is 509 g/mol. The van der Waals surface area contributed by atoms with Crippen molar-refractivity contribution in [2.24, 2.45) is 22.4 Å². The molecule has 0 aliphatic rings. The number of guanidine groups is 1. The minimum atomic E-state index is -1.20. The van der Waals surface area contributed by atoms with E-state index in [0.29, 0.717) is 18.2 Å². The van der Waals surface area contributed by atoms with Crippen molar-refractivity contribution in [1.29, 1.82) is 0 Å². The molecule has 0 spiro atoms. The molecule has 0 bridgehead atoms. The van der Waals surface area contributed by atoms with Gasteiger partial charge in [0.25, 0.3) is 11.8 Å². The lowest BCUT2D eigenvalue weighted by Gasteiger charge is -2.21. The third kappa shape index (κ3) is 7.03. The summed E-state index contributed by atoms with van der Waals surface area (Å²) in [6.45, 7) is 4.11. The van der Waals surface area contributed by atoms with Crippen LogP contribution in [-0.2, 0) is 4.79 Å². The summed E-state index contributed by atoms with van der Waals surface area (Å²) < 4.78 is 5.56. The van der Waals surface area contributed by atoms with Gasteiger partial charge in [-0.1, -0.05) is 44.5 Å². The Bertz CT molecular complexity index is 1280. The van der Waals surface area contributed by atoms with E-state index in [0.717, 1.165) is 11.6 Å². The molecule has 7 N–H and O–H groups in total. The molecule has 2 aromatic heterocycles. The molecular formula is C25H31N7O5. The number of hydrogen-bond donors (Lipinski definition) is 5. The van der Waals surface area contributed by atoms with Crippen molar-refractivity contribution < 1.29 is 23.9 Å². The molecular weight excluding hydrogens is 478 g/mol. The zero-order valence-electron chi connectivity index (χ0n) is 20.7. The van der Waals surface area contributed by atoms with Gasteiger partial charge in [-0.05, 0) is 30.2 Å². The van der Waals surface area contributed by atoms with Gasteiger partial charge in [-0.2, -0.15) is 0 Å². The van der Waals surface area contributed by atoms with Crippen molar-refractivity contribution in [3.05, 3.63) is 60.1 Å². The van der Waals surface area contributed by atoms with Crippen LogP contribution in [0.5, 0.6) is 0 Å². The van der Waals surface area contributed by atoms with Crippen molar-refractivity contribution in [3.8, 4) is 0 Å². The van der Waals surface area contributed by atoms with E-state index in [2.05, 4.69) is 25.6 Å². The van der Waals surface area contributed by atoms with Crippen LogP contribution in [-0.4, -0.2) is 51.4 Å². The average Bonchev–Trinajstić information content (AvgIpc) is 3.38. The standard InChI is InChI=1S/C25H31N7O5/c1-3-14(2)19(32-22(34)20-16-8-5-4-7-15(16)10-12-28-20)23-31-18(13-37-23)21(33)30-17(24(35)36)9-6-11-29-25(26)27/h4-5,7-8,10,12-14,17,19H,3,6,9,11H2,1-2H3,(H,30,33)(H,32,34)(H,35,36)(H4,26,27,29). The minimum Gasteiger partial charge on any atom is -0.480 e. The Balaban J connectivity index is 1.75. The van der Waals surface area contributed by atoms with Crippen LogP contribution in [0.1, 0.15) is 66.0 Å². The number of hydrogen-bond acceptors (Lipinski definition) is 7. The number of nitrogens with two attached hydrogens (primary N) is 2. The second-order valence-corrected chi connectivity index (χ2v) is 8.60. The highest BCUT2D eigenvalue weighted by atomic mass is 16.4. The highest BCUT2D eigenvalue weighted by Crippen LogP contribution is 2.25. The van der Waals surface area contributed by atoms with Crippen LogP contribution in [0.2, 0.25) is 0 Å². The number of nitrogens with one attached hydrogen (secondary N) is 2. The Morgan fingerprint density at radius 3 is 2.59 bits per heavy atom. The molecule has 196 valence electrons. The maximum atomic E-state index is 13.2. The van der Waals surface area contributed by atoms with Crippen molar-refractivity contribution >= 4 is 34.5 Å². The quantitative estimate of drug-likeness (QED) is 0.138. The number of fused-ring (bicyclic) bond motifs is 1. The Labute approximate surface area is 213 Å². The van der Waals surface area contributed by atoms with E-state index in [-0.39, 0.29) is 42.1 Å². The summed E-state index contributed by atoms with van der Waals surface area (Å²) >= 11 is 0. The van der Waals surface area contributed by atoms with E-state index in [4.69, 9.17) is 15.9 Å². The summed E-state index contributed by atoms with van der Waals surface area (Å²) in [6.07, 6.45) is 3.87. The number of aromatic nitrogens is 2. The van der Waals surface area contributed by atoms with Crippen LogP contribution in [0.25, 0.3) is 10.8 Å². The number of carboxylic acids is 1. The second kappa shape index (κ2) is 12.5. The maximum absolute atomic E-state index is 13.2. The lowest BCUT2D eigenvalue weighted by molar-refractivity contribution is -0.139. The number of amides is 2. The number of nitrogens with zero attached hydrogens (tertiary/aromatic N) is 3. The normalized spacial score (nSPS) is 13.4. The first-order valence-electron chi connectivity index (χ1n) is 11.9. The van der Waals surface area contributed by atoms with E-state index in [1.54, 1.807) is 6.20 Å².